The minimum atomic E-state index is -0.398. The molecule has 1 N–H and O–H groups in total. The van der Waals surface area contributed by atoms with Gasteiger partial charge in [-0.25, -0.2) is 4.98 Å². The number of hydrogen-bond acceptors (Lipinski definition) is 6. The highest BCUT2D eigenvalue weighted by Gasteiger charge is 2.29. The van der Waals surface area contributed by atoms with E-state index in [0.717, 1.165) is 33.1 Å². The van der Waals surface area contributed by atoms with E-state index in [4.69, 9.17) is 9.15 Å². The van der Waals surface area contributed by atoms with E-state index in [1.165, 1.54) is 17.6 Å². The van der Waals surface area contributed by atoms with Crippen molar-refractivity contribution in [2.75, 3.05) is 17.3 Å². The molecule has 7 nitrogen and oxygen atoms in total. The van der Waals surface area contributed by atoms with Crippen molar-refractivity contribution in [3.63, 3.8) is 0 Å². The van der Waals surface area contributed by atoms with Gasteiger partial charge >= 0.3 is 0 Å². The number of thiazole rings is 1. The second kappa shape index (κ2) is 8.55. The van der Waals surface area contributed by atoms with Gasteiger partial charge in [-0.3, -0.25) is 14.9 Å². The zero-order valence-electron chi connectivity index (χ0n) is 18.1. The molecule has 1 aliphatic rings. The first-order valence-corrected chi connectivity index (χ1v) is 11.2. The Morgan fingerprint density at radius 2 is 1.97 bits per heavy atom. The van der Waals surface area contributed by atoms with Crippen LogP contribution in [0, 0.1) is 6.92 Å². The van der Waals surface area contributed by atoms with Crippen LogP contribution >= 0.6 is 11.3 Å². The maximum absolute atomic E-state index is 13.0. The lowest BCUT2D eigenvalue weighted by Gasteiger charge is -2.17. The van der Waals surface area contributed by atoms with Gasteiger partial charge in [-0.05, 0) is 48.9 Å². The van der Waals surface area contributed by atoms with E-state index >= 15 is 0 Å². The Morgan fingerprint density at radius 3 is 2.76 bits per heavy atom. The van der Waals surface area contributed by atoms with Gasteiger partial charge in [0.2, 0.25) is 5.91 Å². The number of nitrogens with zero attached hydrogens (tertiary/aromatic N) is 2. The number of amides is 2. The number of methoxy groups -OCH3 is 1. The molecular formula is C25H21N3O4S. The highest BCUT2D eigenvalue weighted by molar-refractivity contribution is 7.16. The van der Waals surface area contributed by atoms with Gasteiger partial charge in [0.05, 0.1) is 32.0 Å². The fraction of sp³-hybridized carbons (Fsp3) is 0.160. The van der Waals surface area contributed by atoms with Crippen LogP contribution in [-0.2, 0) is 17.8 Å². The number of aromatic nitrogens is 1. The number of carbonyl (C=O) groups excluding carboxylic acids is 2. The average molecular weight is 460 g/mol. The van der Waals surface area contributed by atoms with E-state index in [1.54, 1.807) is 18.1 Å². The third-order valence-corrected chi connectivity index (χ3v) is 6.47. The lowest BCUT2D eigenvalue weighted by molar-refractivity contribution is -0.117. The van der Waals surface area contributed by atoms with Crippen LogP contribution in [0.25, 0.3) is 11.3 Å². The molecule has 5 rings (SSSR count). The van der Waals surface area contributed by atoms with Gasteiger partial charge in [-0.1, -0.05) is 18.2 Å². The molecule has 0 radical (unpaired) electrons. The molecule has 3 heterocycles. The predicted molar refractivity (Wildman–Crippen MR) is 127 cm³/mol. The first kappa shape index (κ1) is 21.0. The van der Waals surface area contributed by atoms with Gasteiger partial charge < -0.3 is 14.1 Å². The van der Waals surface area contributed by atoms with Crippen molar-refractivity contribution in [2.24, 2.45) is 0 Å². The van der Waals surface area contributed by atoms with Crippen LogP contribution in [-0.4, -0.2) is 23.9 Å². The maximum Gasteiger partial charge on any atom is 0.293 e. The molecule has 8 heteroatoms. The molecule has 0 fully saturated rings. The highest BCUT2D eigenvalue weighted by Crippen LogP contribution is 2.33. The van der Waals surface area contributed by atoms with Crippen LogP contribution in [0.2, 0.25) is 0 Å². The predicted octanol–water partition coefficient (Wildman–Crippen LogP) is 5.06. The Hall–Kier alpha value is -3.91. The summed E-state index contributed by atoms with van der Waals surface area (Å²) >= 11 is 1.39. The third-order valence-electron chi connectivity index (χ3n) is 5.59. The Kier molecular flexibility index (Phi) is 5.43. The van der Waals surface area contributed by atoms with E-state index < -0.39 is 5.91 Å². The van der Waals surface area contributed by atoms with Crippen LogP contribution in [0.1, 0.15) is 26.6 Å². The molecule has 1 aliphatic heterocycles. The second-order valence-electron chi connectivity index (χ2n) is 7.67. The van der Waals surface area contributed by atoms with Crippen molar-refractivity contribution in [1.29, 1.82) is 0 Å². The van der Waals surface area contributed by atoms with Crippen LogP contribution in [0.4, 0.5) is 10.8 Å². The standard InChI is InChI=1S/C25H21N3O4S/c1-15-22(16-7-9-19(31-2)10-8-16)26-25(33-15)27-24(30)23-18(11-12-32-23)14-28-20-6-4-3-5-17(20)13-21(28)29/h3-12H,13-14H2,1-2H3,(H,26,27,30). The summed E-state index contributed by atoms with van der Waals surface area (Å²) in [4.78, 5) is 32.8. The Morgan fingerprint density at radius 1 is 1.18 bits per heavy atom. The molecule has 4 aromatic rings. The number of nitrogens with one attached hydrogen (secondary N) is 1. The number of furan rings is 1. The summed E-state index contributed by atoms with van der Waals surface area (Å²) in [6, 6.07) is 17.0. The highest BCUT2D eigenvalue weighted by atomic mass is 32.1. The van der Waals surface area contributed by atoms with E-state index in [2.05, 4.69) is 10.3 Å². The number of hydrogen-bond donors (Lipinski definition) is 1. The van der Waals surface area contributed by atoms with Crippen molar-refractivity contribution in [1.82, 2.24) is 4.98 Å². The molecule has 0 saturated carbocycles. The van der Waals surface area contributed by atoms with Crippen molar-refractivity contribution in [2.45, 2.75) is 19.9 Å². The van der Waals surface area contributed by atoms with E-state index in [0.29, 0.717) is 17.1 Å². The number of benzene rings is 2. The first-order chi connectivity index (χ1) is 16.0. The van der Waals surface area contributed by atoms with E-state index in [9.17, 15) is 9.59 Å². The summed E-state index contributed by atoms with van der Waals surface area (Å²) in [7, 11) is 1.62. The summed E-state index contributed by atoms with van der Waals surface area (Å²) in [5.74, 6) is 0.545. The van der Waals surface area contributed by atoms with Crippen molar-refractivity contribution in [3.05, 3.63) is 82.6 Å². The monoisotopic (exact) mass is 459 g/mol. The topological polar surface area (TPSA) is 84.7 Å². The molecule has 2 aromatic carbocycles. The normalized spacial score (nSPS) is 12.7. The minimum absolute atomic E-state index is 0.00319. The number of aryl methyl sites for hydroxylation is 1. The van der Waals surface area contributed by atoms with Crippen LogP contribution < -0.4 is 15.0 Å². The Balaban J connectivity index is 1.34. The first-order valence-electron chi connectivity index (χ1n) is 10.4. The molecule has 33 heavy (non-hydrogen) atoms. The number of anilines is 2. The fourth-order valence-electron chi connectivity index (χ4n) is 3.94. The molecule has 0 spiro atoms. The lowest BCUT2D eigenvalue weighted by atomic mass is 10.1. The molecule has 0 saturated heterocycles. The van der Waals surface area contributed by atoms with E-state index in [-0.39, 0.29) is 18.2 Å². The Bertz CT molecular complexity index is 1340. The molecule has 0 bridgehead atoms. The van der Waals surface area contributed by atoms with Gasteiger partial charge in [0.15, 0.2) is 10.9 Å². The molecule has 0 unspecified atom stereocenters. The number of fused-ring (bicyclic) bond motifs is 1. The molecular weight excluding hydrogens is 438 g/mol. The molecule has 0 aliphatic carbocycles. The molecule has 0 atom stereocenters. The fourth-order valence-corrected chi connectivity index (χ4v) is 4.77. The summed E-state index contributed by atoms with van der Waals surface area (Å²) < 4.78 is 10.7. The number of carbonyl (C=O) groups is 2. The summed E-state index contributed by atoms with van der Waals surface area (Å²) in [6.45, 7) is 2.23. The smallest absolute Gasteiger partial charge is 0.293 e. The second-order valence-corrected chi connectivity index (χ2v) is 8.87. The van der Waals surface area contributed by atoms with Crippen LogP contribution in [0.15, 0.2) is 65.3 Å². The van der Waals surface area contributed by atoms with Crippen molar-refractivity contribution in [3.8, 4) is 17.0 Å². The summed E-state index contributed by atoms with van der Waals surface area (Å²) in [6.07, 6.45) is 1.83. The molecule has 166 valence electrons. The van der Waals surface area contributed by atoms with Crippen LogP contribution in [0.3, 0.4) is 0 Å². The minimum Gasteiger partial charge on any atom is -0.497 e. The summed E-state index contributed by atoms with van der Waals surface area (Å²) in [5, 5.41) is 3.32. The van der Waals surface area contributed by atoms with Gasteiger partial charge in [-0.2, -0.15) is 0 Å². The van der Waals surface area contributed by atoms with E-state index in [1.807, 2.05) is 55.5 Å². The molecule has 2 amide bonds. The largest absolute Gasteiger partial charge is 0.497 e. The van der Waals surface area contributed by atoms with Gasteiger partial charge in [0.1, 0.15) is 5.75 Å². The maximum atomic E-state index is 13.0. The molecule has 2 aromatic heterocycles. The van der Waals surface area contributed by atoms with Crippen LogP contribution in [0.5, 0.6) is 5.75 Å². The zero-order chi connectivity index (χ0) is 22.9. The van der Waals surface area contributed by atoms with Crippen molar-refractivity contribution >= 4 is 34.0 Å². The van der Waals surface area contributed by atoms with Gasteiger partial charge in [0, 0.05) is 21.7 Å². The lowest BCUT2D eigenvalue weighted by Crippen LogP contribution is -2.27. The SMILES string of the molecule is COc1ccc(-c2nc(NC(=O)c3occc3CN3C(=O)Cc4ccccc43)sc2C)cc1. The number of ether oxygens (including phenoxy) is 1. The Labute approximate surface area is 194 Å². The zero-order valence-corrected chi connectivity index (χ0v) is 18.9. The number of para-hydroxylation sites is 1. The van der Waals surface area contributed by atoms with Crippen molar-refractivity contribution < 1.29 is 18.7 Å². The van der Waals surface area contributed by atoms with Gasteiger partial charge in [-0.15, -0.1) is 11.3 Å². The third kappa shape index (κ3) is 4.01. The van der Waals surface area contributed by atoms with Gasteiger partial charge in [0.25, 0.3) is 5.91 Å². The summed E-state index contributed by atoms with van der Waals surface area (Å²) in [5.41, 5.74) is 4.24. The average Bonchev–Trinajstić information content (AvgIpc) is 3.52. The number of rotatable bonds is 6. The quantitative estimate of drug-likeness (QED) is 0.436.